The number of aliphatic hydroxyl groups is 6. The first kappa shape index (κ1) is 89.6. The monoisotopic (exact) mass is 2060 g/mol. The van der Waals surface area contributed by atoms with E-state index in [0.717, 1.165) is 5.57 Å². The predicted octanol–water partition coefficient (Wildman–Crippen LogP) is 8.54. The minimum Gasteiger partial charge on any atom is -0.456 e. The molecule has 17 unspecified atom stereocenters. The maximum absolute atomic E-state index is 14.8. The number of amides is 2. The molecule has 2 saturated heterocycles. The molecule has 23 atom stereocenters. The summed E-state index contributed by atoms with van der Waals surface area (Å²) in [6, 6.07) is -2.13. The fourth-order valence-corrected chi connectivity index (χ4v) is 18.7. The maximum Gasteiger partial charge on any atom is 0.408 e. The van der Waals surface area contributed by atoms with Crippen LogP contribution in [-0.4, -0.2) is 187 Å². The number of rotatable bonds is 13. The number of esters is 4. The number of hydrogen-bond donors (Lipinski definition) is 8. The first-order valence-corrected chi connectivity index (χ1v) is 40.6. The van der Waals surface area contributed by atoms with Gasteiger partial charge in [-0.2, -0.15) is 0 Å². The van der Waals surface area contributed by atoms with Crippen LogP contribution in [0.5, 0.6) is 0 Å². The van der Waals surface area contributed by atoms with Crippen molar-refractivity contribution in [1.82, 2.24) is 10.6 Å². The molecule has 560 valence electrons. The van der Waals surface area contributed by atoms with Gasteiger partial charge in [0.1, 0.15) is 34.6 Å². The molecular weight excluding hydrogens is 1950 g/mol. The van der Waals surface area contributed by atoms with Crippen LogP contribution in [0.1, 0.15) is 191 Å². The summed E-state index contributed by atoms with van der Waals surface area (Å²) < 4.78 is 46.0. The third-order valence-electron chi connectivity index (χ3n) is 23.6. The molecule has 100 heavy (non-hydrogen) atoms. The number of ether oxygens (including phenoxy) is 8. The van der Waals surface area contributed by atoms with Crippen molar-refractivity contribution in [1.29, 1.82) is 0 Å². The largest absolute Gasteiger partial charge is 0.456 e. The van der Waals surface area contributed by atoms with Gasteiger partial charge in [-0.05, 0) is 170 Å². The number of halogens is 2. The number of carbonyl (C=O) groups is 8. The number of ketones is 2. The van der Waals surface area contributed by atoms with E-state index in [4.69, 9.17) is 37.9 Å². The van der Waals surface area contributed by atoms with E-state index >= 15 is 0 Å². The zero-order chi connectivity index (χ0) is 74.4. The van der Waals surface area contributed by atoms with Gasteiger partial charge < -0.3 is 79.2 Å². The van der Waals surface area contributed by atoms with Gasteiger partial charge >= 0.3 is 36.1 Å². The first-order chi connectivity index (χ1) is 44.9. The second-order valence-electron chi connectivity index (χ2n) is 33.7. The molecule has 0 spiro atoms. The van der Waals surface area contributed by atoms with Crippen molar-refractivity contribution < 1.29 is 195 Å². The van der Waals surface area contributed by atoms with Gasteiger partial charge in [-0.25, -0.2) is 19.2 Å². The molecular formula is C72H110Ac2I2N2O22. The summed E-state index contributed by atoms with van der Waals surface area (Å²) in [5.41, 5.74) is -6.41. The number of allylic oxidation sites excluding steroid dienone is 1. The van der Waals surface area contributed by atoms with Gasteiger partial charge in [-0.15, -0.1) is 0 Å². The molecule has 9 aliphatic rings. The van der Waals surface area contributed by atoms with E-state index in [-0.39, 0.29) is 163 Å². The number of nitrogens with one attached hydrogen (secondary N) is 2. The summed E-state index contributed by atoms with van der Waals surface area (Å²) in [6.45, 7) is 39.0. The van der Waals surface area contributed by atoms with Crippen molar-refractivity contribution in [3.05, 3.63) is 33.9 Å². The second-order valence-corrected chi connectivity index (χ2v) is 33.7. The molecule has 24 nitrogen and oxygen atoms in total. The average Bonchev–Trinajstić information content (AvgIpc) is 0.869. The number of fused-ring (bicyclic) bond motifs is 10. The summed E-state index contributed by atoms with van der Waals surface area (Å²) in [4.78, 5) is 108. The fourth-order valence-electron chi connectivity index (χ4n) is 18.7. The number of carbonyl (C=O) groups excluding carboxylic acids is 8. The molecule has 2 aliphatic heterocycles. The zero-order valence-corrected chi connectivity index (χ0v) is 76.1. The van der Waals surface area contributed by atoms with Crippen molar-refractivity contribution in [2.45, 2.75) is 286 Å². The molecule has 0 aromatic heterocycles. The van der Waals surface area contributed by atoms with Crippen molar-refractivity contribution >= 4 is 84.9 Å². The van der Waals surface area contributed by atoms with Crippen molar-refractivity contribution in [2.24, 2.45) is 68.5 Å². The van der Waals surface area contributed by atoms with Gasteiger partial charge in [0.25, 0.3) is 0 Å². The standard InChI is InChI=1S/2C36H55NO11.2Ac.I2/c1-16-19-12-21(47-30(42)26(40)25(20-14-33(20,7)8)37-31(43)48-32(4,5)6)17(2)24(34(19,9)10)27(46-18(3)38)29(41)35(11)22(39)13-23-36(44,15-45-23)28(16)35;1-12-25(39)47-28-26-19(5)22(46-31(42)27(40)21(13-17(2)3)37-32(43)48-33(6,7)8)14-20(34(26,9)10)18(4)29-35(11,30(28)41)23(38)15-24-36(29,44)16-45-24;;;1-2/h16,19-23,25-28,39-40,44H,12-15H2,1-11H3,(H,37,43);13,18,20-24,27-29,38,40,44H,12,14-16H2,1-11H3,(H,37,43);;;/t16-,19?,20?,21?,22?,23?,25?,26?,27?,28+,35-,36?;18-,20?,21?,22?,23?,24?,27?,28?,29+,35-,36?;;;/m11.../s1. The Bertz CT molecular complexity index is 3210. The van der Waals surface area contributed by atoms with Crippen molar-refractivity contribution in [2.75, 3.05) is 13.2 Å². The van der Waals surface area contributed by atoms with Gasteiger partial charge in [0, 0.05) is 163 Å². The molecule has 7 aliphatic carbocycles. The molecule has 4 bridgehead atoms. The second kappa shape index (κ2) is 32.7. The van der Waals surface area contributed by atoms with E-state index in [1.165, 1.54) is 13.0 Å². The molecule has 0 aromatic carbocycles. The summed E-state index contributed by atoms with van der Waals surface area (Å²) in [5, 5.41) is 75.0. The van der Waals surface area contributed by atoms with Crippen LogP contribution in [0.15, 0.2) is 33.9 Å². The molecule has 8 N–H and O–H groups in total. The minimum absolute atomic E-state index is 0. The Morgan fingerprint density at radius 3 is 1.32 bits per heavy atom. The zero-order valence-electron chi connectivity index (χ0n) is 62.3. The van der Waals surface area contributed by atoms with Crippen LogP contribution in [0.25, 0.3) is 0 Å². The number of Topliss-reactive ketones (excluding diaryl/α,β-unsaturated/α-hetero) is 2. The predicted molar refractivity (Wildman–Crippen MR) is 375 cm³/mol. The smallest absolute Gasteiger partial charge is 0.408 e. The number of alkyl carbamates (subject to hydrolysis) is 2. The summed E-state index contributed by atoms with van der Waals surface area (Å²) in [5.74, 6) is -7.48. The van der Waals surface area contributed by atoms with E-state index in [2.05, 4.69) is 47.9 Å². The Morgan fingerprint density at radius 1 is 0.620 bits per heavy atom. The molecule has 2 amide bonds. The number of aliphatic hydroxyl groups excluding tert-OH is 4. The van der Waals surface area contributed by atoms with Gasteiger partial charge in [-0.3, -0.25) is 19.2 Å². The van der Waals surface area contributed by atoms with Crippen LogP contribution in [0, 0.1) is 157 Å². The van der Waals surface area contributed by atoms with Crippen LogP contribution in [0.3, 0.4) is 0 Å². The molecule has 5 saturated carbocycles. The van der Waals surface area contributed by atoms with Gasteiger partial charge in [-0.1, -0.05) is 74.0 Å². The Hall–Kier alpha value is -0.997. The van der Waals surface area contributed by atoms with E-state index in [9.17, 15) is 69.0 Å². The first-order valence-electron chi connectivity index (χ1n) is 34.3. The Kier molecular flexibility index (Phi) is 29.3. The Labute approximate surface area is 684 Å². The summed E-state index contributed by atoms with van der Waals surface area (Å²) in [7, 11) is 0. The average molecular weight is 2060 g/mol. The minimum atomic E-state index is -1.80. The van der Waals surface area contributed by atoms with E-state index in [0.29, 0.717) is 28.7 Å². The maximum atomic E-state index is 14.8. The third-order valence-corrected chi connectivity index (χ3v) is 23.6. The van der Waals surface area contributed by atoms with E-state index < -0.39 is 183 Å². The summed E-state index contributed by atoms with van der Waals surface area (Å²) >= 11 is 4.24. The Balaban J connectivity index is 0.000000345. The van der Waals surface area contributed by atoms with Gasteiger partial charge in [0.05, 0.1) is 60.5 Å². The van der Waals surface area contributed by atoms with E-state index in [1.54, 1.807) is 90.0 Å². The van der Waals surface area contributed by atoms with Crippen LogP contribution < -0.4 is 10.6 Å². The molecule has 9 rings (SSSR count). The fraction of sp³-hybridized carbons (Fsp3) is 0.806. The van der Waals surface area contributed by atoms with Gasteiger partial charge in [0.15, 0.2) is 36.0 Å². The van der Waals surface area contributed by atoms with E-state index in [1.807, 2.05) is 55.4 Å². The topological polar surface area (TPSA) is 356 Å². The number of hydrogen-bond acceptors (Lipinski definition) is 22. The molecule has 28 heteroatoms. The quantitative estimate of drug-likeness (QED) is 0.0370. The van der Waals surface area contributed by atoms with Crippen LogP contribution >= 0.6 is 37.2 Å². The molecule has 2 radical (unpaired) electrons. The van der Waals surface area contributed by atoms with Crippen LogP contribution in [-0.2, 0) is 66.7 Å². The third kappa shape index (κ3) is 17.2. The molecule has 0 aromatic rings. The van der Waals surface area contributed by atoms with Crippen molar-refractivity contribution in [3.8, 4) is 0 Å². The normalized spacial score (nSPS) is 37.4. The Morgan fingerprint density at radius 2 is 0.990 bits per heavy atom. The van der Waals surface area contributed by atoms with Crippen molar-refractivity contribution in [3.63, 3.8) is 0 Å². The SMILES string of the molecule is CC(=O)OC1C(=O)[C@]2(C)C(O)CC3OCC3(O)[C@H]2[C@H](C)C2CC(OC(=O)C(O)C(NC(=O)OC(C)(C)C)C3CC3(C)C)C(C)=C1C2(C)C.CCC(=O)OC1C(=O)[C@]2(C)C(O)CC3OCC3(O)[C@H]2[C@H](C)C2CC(OC(=O)C(O)C(C=C(C)C)NC(=O)OC(C)(C)C)C(C)=C1C2(C)C.II.[Ac].[Ac]. The molecule has 2 heterocycles. The van der Waals surface area contributed by atoms with Crippen LogP contribution in [0.4, 0.5) is 9.59 Å². The van der Waals surface area contributed by atoms with Crippen LogP contribution in [0.2, 0.25) is 0 Å². The molecule has 7 fully saturated rings. The van der Waals surface area contributed by atoms with Gasteiger partial charge in [0.2, 0.25) is 0 Å². The summed E-state index contributed by atoms with van der Waals surface area (Å²) in [6.07, 6.45) is -10.5.